The molecular weight excluding hydrogens is 663 g/mol. The maximum Gasteiger partial charge on any atom is 0.422 e. The summed E-state index contributed by atoms with van der Waals surface area (Å²) in [6.45, 7) is 4.28. The van der Waals surface area contributed by atoms with Gasteiger partial charge in [-0.25, -0.2) is 14.3 Å². The first kappa shape index (κ1) is 39.4. The Morgan fingerprint density at radius 1 is 1.09 bits per heavy atom. The number of carbonyl (C=O) groups is 3. The zero-order chi connectivity index (χ0) is 32.2. The van der Waals surface area contributed by atoms with E-state index in [-0.39, 0.29) is 51.5 Å². The number of hydrogen-bond acceptors (Lipinski definition) is 10. The quantitative estimate of drug-likeness (QED) is 0.272. The highest BCUT2D eigenvalue weighted by Gasteiger charge is 2.29. The van der Waals surface area contributed by atoms with Crippen LogP contribution >= 0.6 is 35.9 Å². The minimum Gasteiger partial charge on any atom is -0.484 e. The summed E-state index contributed by atoms with van der Waals surface area (Å²) in [5.74, 6) is 1.08. The monoisotopic (exact) mass is 697 g/mol. The van der Waals surface area contributed by atoms with Gasteiger partial charge in [0, 0.05) is 57.3 Å². The van der Waals surface area contributed by atoms with E-state index in [1.807, 2.05) is 7.05 Å². The number of imidazole rings is 1. The van der Waals surface area contributed by atoms with E-state index in [0.717, 1.165) is 24.1 Å². The molecule has 1 N–H and O–H groups in total. The predicted octanol–water partition coefficient (Wildman–Crippen LogP) is 5.08. The summed E-state index contributed by atoms with van der Waals surface area (Å²) in [5, 5.41) is 3.07. The molecule has 244 valence electrons. The van der Waals surface area contributed by atoms with Gasteiger partial charge >= 0.3 is 12.2 Å². The van der Waals surface area contributed by atoms with E-state index < -0.39 is 29.6 Å². The average Bonchev–Trinajstić information content (AvgIpc) is 3.32. The number of carbonyl (C=O) groups excluding carboxylic acids is 3. The molecular formula is C27H35ClF3N5O5S3. The number of hydrogen-bond donors (Lipinski definition) is 1. The molecule has 0 bridgehead atoms. The minimum absolute atomic E-state index is 0. The van der Waals surface area contributed by atoms with Gasteiger partial charge in [0.15, 0.2) is 16.8 Å². The second-order valence-electron chi connectivity index (χ2n) is 8.98. The summed E-state index contributed by atoms with van der Waals surface area (Å²) in [7, 11) is 1.58. The van der Waals surface area contributed by atoms with Gasteiger partial charge in [-0.2, -0.15) is 13.2 Å². The van der Waals surface area contributed by atoms with E-state index in [0.29, 0.717) is 22.3 Å². The van der Waals surface area contributed by atoms with Crippen molar-refractivity contribution in [3.8, 4) is 5.75 Å². The van der Waals surface area contributed by atoms with Crippen molar-refractivity contribution in [2.45, 2.75) is 37.9 Å². The molecule has 0 unspecified atom stereocenters. The molecule has 2 heterocycles. The fourth-order valence-corrected chi connectivity index (χ4v) is 5.94. The lowest BCUT2D eigenvalue weighted by Gasteiger charge is -2.18. The number of rotatable bonds is 11. The van der Waals surface area contributed by atoms with Crippen molar-refractivity contribution in [2.24, 2.45) is 0 Å². The van der Waals surface area contributed by atoms with Gasteiger partial charge in [-0.05, 0) is 32.2 Å². The topological polar surface area (TPSA) is 123 Å². The highest BCUT2D eigenvalue weighted by molar-refractivity contribution is 8.13. The zero-order valence-corrected chi connectivity index (χ0v) is 28.1. The highest BCUT2D eigenvalue weighted by atomic mass is 35.5. The van der Waals surface area contributed by atoms with Crippen molar-refractivity contribution in [3.63, 3.8) is 0 Å². The van der Waals surface area contributed by atoms with Gasteiger partial charge in [-0.3, -0.25) is 18.8 Å². The van der Waals surface area contributed by atoms with Crippen LogP contribution in [0.3, 0.4) is 0 Å². The minimum atomic E-state index is -4.50. The number of benzene rings is 1. The lowest BCUT2D eigenvalue weighted by molar-refractivity contribution is -0.153. The van der Waals surface area contributed by atoms with E-state index in [1.54, 1.807) is 38.2 Å². The molecule has 0 radical (unpaired) electrons. The van der Waals surface area contributed by atoms with Crippen molar-refractivity contribution in [3.05, 3.63) is 47.8 Å². The van der Waals surface area contributed by atoms with Crippen LogP contribution in [0, 0.1) is 6.92 Å². The van der Waals surface area contributed by atoms with Crippen LogP contribution in [0.15, 0.2) is 41.7 Å². The Labute approximate surface area is 271 Å². The standard InChI is InChI=1S/C22H23F3N4O4S2.C5H11NOS.ClH/c1-14-17(26-9-8-19(14)33-13-22(23,24)25)12-35(32)20-27-16-6-4-5-7-18(16)29(20)21(31)28(3)10-11-34-15(2)30;1-5(7)8-4-3-6-2;/h4-9H,10-13H2,1-3H3;6H,3-4H2,1-2H3;1H/t35-;;/m1../s1. The summed E-state index contributed by atoms with van der Waals surface area (Å²) >= 11 is 2.44. The van der Waals surface area contributed by atoms with Crippen molar-refractivity contribution >= 4 is 74.0 Å². The molecule has 1 amide bonds. The van der Waals surface area contributed by atoms with Crippen molar-refractivity contribution < 1.29 is 36.5 Å². The molecule has 0 aliphatic rings. The fourth-order valence-electron chi connectivity index (χ4n) is 3.44. The van der Waals surface area contributed by atoms with Crippen LogP contribution < -0.4 is 10.1 Å². The van der Waals surface area contributed by atoms with Crippen LogP contribution in [-0.2, 0) is 26.1 Å². The number of ether oxygens (including phenoxy) is 1. The molecule has 44 heavy (non-hydrogen) atoms. The Balaban J connectivity index is 0.000000947. The van der Waals surface area contributed by atoms with Gasteiger partial charge in [0.25, 0.3) is 0 Å². The predicted molar refractivity (Wildman–Crippen MR) is 171 cm³/mol. The molecule has 0 aliphatic heterocycles. The highest BCUT2D eigenvalue weighted by Crippen LogP contribution is 2.26. The van der Waals surface area contributed by atoms with Crippen LogP contribution in [0.4, 0.5) is 18.0 Å². The molecule has 17 heteroatoms. The lowest BCUT2D eigenvalue weighted by Crippen LogP contribution is -2.34. The Bertz CT molecular complexity index is 1440. The van der Waals surface area contributed by atoms with Gasteiger partial charge in [0.2, 0.25) is 5.16 Å². The Kier molecular flexibility index (Phi) is 17.0. The van der Waals surface area contributed by atoms with E-state index >= 15 is 0 Å². The first-order chi connectivity index (χ1) is 20.2. The van der Waals surface area contributed by atoms with Gasteiger partial charge in [-0.15, -0.1) is 12.4 Å². The molecule has 0 fully saturated rings. The van der Waals surface area contributed by atoms with E-state index in [2.05, 4.69) is 15.3 Å². The number of halogens is 4. The number of pyridine rings is 1. The van der Waals surface area contributed by atoms with Crippen molar-refractivity contribution in [1.29, 1.82) is 0 Å². The molecule has 0 aliphatic carbocycles. The zero-order valence-electron chi connectivity index (χ0n) is 24.8. The maximum atomic E-state index is 13.4. The number of aromatic nitrogens is 3. The molecule has 3 rings (SSSR count). The number of amides is 1. The molecule has 3 aromatic rings. The third-order valence-corrected chi connectivity index (χ3v) is 8.38. The molecule has 0 saturated heterocycles. The van der Waals surface area contributed by atoms with Crippen LogP contribution in [0.1, 0.15) is 25.1 Å². The second-order valence-corrected chi connectivity index (χ2v) is 12.9. The third-order valence-electron chi connectivity index (χ3n) is 5.56. The van der Waals surface area contributed by atoms with Crippen LogP contribution in [0.5, 0.6) is 5.75 Å². The summed E-state index contributed by atoms with van der Waals surface area (Å²) in [6, 6.07) is 7.64. The number of thioether (sulfide) groups is 2. The van der Waals surface area contributed by atoms with Crippen LogP contribution in [-0.4, -0.2) is 91.4 Å². The van der Waals surface area contributed by atoms with Gasteiger partial charge in [0.05, 0.1) is 33.3 Å². The van der Waals surface area contributed by atoms with E-state index in [4.69, 9.17) is 4.74 Å². The normalized spacial score (nSPS) is 11.6. The van der Waals surface area contributed by atoms with Crippen LogP contribution in [0.25, 0.3) is 11.0 Å². The van der Waals surface area contributed by atoms with Crippen molar-refractivity contribution in [1.82, 2.24) is 24.8 Å². The Morgan fingerprint density at radius 3 is 2.34 bits per heavy atom. The average molecular weight is 698 g/mol. The largest absolute Gasteiger partial charge is 0.484 e. The SMILES string of the molecule is CC(=O)SCCN(C)C(=O)n1c([S@](=O)Cc2nccc(OCC(F)(F)F)c2C)nc2ccccc21.CNCCSC(C)=O.Cl. The van der Waals surface area contributed by atoms with E-state index in [9.17, 15) is 31.8 Å². The first-order valence-corrected chi connectivity index (χ1v) is 16.2. The van der Waals surface area contributed by atoms with Crippen LogP contribution in [0.2, 0.25) is 0 Å². The maximum absolute atomic E-state index is 13.4. The Hall–Kier alpha value is -2.66. The molecule has 0 saturated carbocycles. The lowest BCUT2D eigenvalue weighted by atomic mass is 10.2. The summed E-state index contributed by atoms with van der Waals surface area (Å²) in [4.78, 5) is 44.6. The number of nitrogens with one attached hydrogen (secondary N) is 1. The number of nitrogens with zero attached hydrogens (tertiary/aromatic N) is 4. The summed E-state index contributed by atoms with van der Waals surface area (Å²) < 4.78 is 57.1. The summed E-state index contributed by atoms with van der Waals surface area (Å²) in [5.41, 5.74) is 1.50. The molecule has 0 spiro atoms. The first-order valence-electron chi connectivity index (χ1n) is 12.9. The summed E-state index contributed by atoms with van der Waals surface area (Å²) in [6.07, 6.45) is -3.22. The third kappa shape index (κ3) is 12.8. The fraction of sp³-hybridized carbons (Fsp3) is 0.444. The smallest absolute Gasteiger partial charge is 0.422 e. The molecule has 2 aromatic heterocycles. The number of fused-ring (bicyclic) bond motifs is 1. The molecule has 1 aromatic carbocycles. The van der Waals surface area contributed by atoms with Gasteiger partial charge in [0.1, 0.15) is 5.75 Å². The Morgan fingerprint density at radius 2 is 1.73 bits per heavy atom. The van der Waals surface area contributed by atoms with Gasteiger partial charge < -0.3 is 15.0 Å². The van der Waals surface area contributed by atoms with E-state index in [1.165, 1.54) is 47.3 Å². The van der Waals surface area contributed by atoms with Crippen molar-refractivity contribution in [2.75, 3.05) is 45.3 Å². The molecule has 10 nitrogen and oxygen atoms in total. The number of alkyl halides is 3. The molecule has 1 atom stereocenters. The second kappa shape index (κ2) is 19.0. The van der Waals surface area contributed by atoms with Gasteiger partial charge in [-0.1, -0.05) is 35.7 Å². The number of para-hydroxylation sites is 2.